The van der Waals surface area contributed by atoms with E-state index in [4.69, 9.17) is 0 Å². The minimum Gasteiger partial charge on any atom is -0.357 e. The number of carbonyl (C=O) groups excluding carboxylic acids is 1. The molecule has 2 amide bonds. The van der Waals surface area contributed by atoms with Gasteiger partial charge in [-0.2, -0.15) is 5.10 Å². The van der Waals surface area contributed by atoms with Crippen LogP contribution in [0.1, 0.15) is 19.8 Å². The normalized spacial score (nSPS) is 15.4. The number of nitrogens with zero attached hydrogens (tertiary/aromatic N) is 4. The molecule has 1 fully saturated rings. The van der Waals surface area contributed by atoms with E-state index in [0.717, 1.165) is 18.9 Å². The number of rotatable bonds is 5. The van der Waals surface area contributed by atoms with E-state index in [1.807, 2.05) is 31.3 Å². The molecule has 0 aliphatic carbocycles. The van der Waals surface area contributed by atoms with Gasteiger partial charge >= 0.3 is 6.03 Å². The molecule has 3 rings (SSSR count). The van der Waals surface area contributed by atoms with E-state index >= 15 is 0 Å². The third kappa shape index (κ3) is 4.21. The van der Waals surface area contributed by atoms with Gasteiger partial charge in [-0.1, -0.05) is 0 Å². The van der Waals surface area contributed by atoms with Crippen molar-refractivity contribution in [1.82, 2.24) is 20.1 Å². The molecule has 1 saturated heterocycles. The number of hydrogen-bond donors (Lipinski definition) is 2. The number of pyridine rings is 1. The minimum absolute atomic E-state index is 0.0215. The summed E-state index contributed by atoms with van der Waals surface area (Å²) >= 11 is 0. The van der Waals surface area contributed by atoms with Crippen LogP contribution in [0.3, 0.4) is 0 Å². The second-order valence-corrected chi connectivity index (χ2v) is 5.83. The zero-order chi connectivity index (χ0) is 16.1. The summed E-state index contributed by atoms with van der Waals surface area (Å²) < 4.78 is 1.79. The Morgan fingerprint density at radius 2 is 2.17 bits per heavy atom. The summed E-state index contributed by atoms with van der Waals surface area (Å²) in [5.74, 6) is 0.973. The Labute approximate surface area is 135 Å². The quantitative estimate of drug-likeness (QED) is 0.886. The molecule has 122 valence electrons. The molecule has 0 radical (unpaired) electrons. The number of amides is 2. The van der Waals surface area contributed by atoms with E-state index in [1.165, 1.54) is 12.8 Å². The third-order valence-electron chi connectivity index (χ3n) is 3.83. The van der Waals surface area contributed by atoms with Crippen molar-refractivity contribution in [3.05, 3.63) is 36.8 Å². The first-order valence-corrected chi connectivity index (χ1v) is 7.96. The topological polar surface area (TPSA) is 75.1 Å². The summed E-state index contributed by atoms with van der Waals surface area (Å²) in [6.45, 7) is 4.69. The molecule has 0 aromatic carbocycles. The van der Waals surface area contributed by atoms with Crippen LogP contribution in [-0.4, -0.2) is 39.9 Å². The van der Waals surface area contributed by atoms with Crippen molar-refractivity contribution in [3.63, 3.8) is 0 Å². The molecule has 1 aliphatic heterocycles. The van der Waals surface area contributed by atoms with Crippen LogP contribution >= 0.6 is 0 Å². The lowest BCUT2D eigenvalue weighted by molar-refractivity contribution is 0.247. The van der Waals surface area contributed by atoms with Crippen LogP contribution in [0, 0.1) is 0 Å². The lowest BCUT2D eigenvalue weighted by Gasteiger charge is -2.17. The summed E-state index contributed by atoms with van der Waals surface area (Å²) in [6, 6.07) is 5.44. The summed E-state index contributed by atoms with van der Waals surface area (Å²) in [7, 11) is 0. The molecular formula is C16H22N6O. The molecule has 0 unspecified atom stereocenters. The SMILES string of the molecule is C[C@@H](Cn1cccn1)NC(=O)Nc1ccc(N2CCCC2)nc1. The van der Waals surface area contributed by atoms with Gasteiger partial charge in [-0.15, -0.1) is 0 Å². The van der Waals surface area contributed by atoms with Crippen LogP contribution in [0.15, 0.2) is 36.8 Å². The fourth-order valence-corrected chi connectivity index (χ4v) is 2.72. The zero-order valence-electron chi connectivity index (χ0n) is 13.3. The van der Waals surface area contributed by atoms with Gasteiger partial charge in [0.05, 0.1) is 18.4 Å². The molecule has 0 spiro atoms. The first kappa shape index (κ1) is 15.3. The van der Waals surface area contributed by atoms with Gasteiger partial charge in [0.15, 0.2) is 0 Å². The number of nitrogens with one attached hydrogen (secondary N) is 2. The van der Waals surface area contributed by atoms with Crippen molar-refractivity contribution in [3.8, 4) is 0 Å². The molecule has 1 aliphatic rings. The van der Waals surface area contributed by atoms with E-state index in [1.54, 1.807) is 17.1 Å². The molecule has 2 N–H and O–H groups in total. The van der Waals surface area contributed by atoms with Gasteiger partial charge in [-0.05, 0) is 38.0 Å². The van der Waals surface area contributed by atoms with Crippen molar-refractivity contribution < 1.29 is 4.79 Å². The zero-order valence-corrected chi connectivity index (χ0v) is 13.3. The summed E-state index contributed by atoms with van der Waals surface area (Å²) in [5.41, 5.74) is 0.691. The highest BCUT2D eigenvalue weighted by molar-refractivity contribution is 5.89. The van der Waals surface area contributed by atoms with Crippen LogP contribution in [0.5, 0.6) is 0 Å². The second kappa shape index (κ2) is 7.13. The Bertz CT molecular complexity index is 619. The second-order valence-electron chi connectivity index (χ2n) is 5.83. The highest BCUT2D eigenvalue weighted by Gasteiger charge is 2.13. The van der Waals surface area contributed by atoms with E-state index in [-0.39, 0.29) is 12.1 Å². The van der Waals surface area contributed by atoms with Gasteiger partial charge in [-0.3, -0.25) is 4.68 Å². The number of hydrogen-bond acceptors (Lipinski definition) is 4. The highest BCUT2D eigenvalue weighted by atomic mass is 16.2. The maximum Gasteiger partial charge on any atom is 0.319 e. The average molecular weight is 314 g/mol. The van der Waals surface area contributed by atoms with E-state index in [9.17, 15) is 4.79 Å². The van der Waals surface area contributed by atoms with Crippen molar-refractivity contribution in [2.45, 2.75) is 32.4 Å². The molecule has 7 heteroatoms. The predicted molar refractivity (Wildman–Crippen MR) is 89.5 cm³/mol. The Balaban J connectivity index is 1.49. The van der Waals surface area contributed by atoms with Crippen LogP contribution < -0.4 is 15.5 Å². The van der Waals surface area contributed by atoms with Crippen molar-refractivity contribution in [2.75, 3.05) is 23.3 Å². The molecule has 1 atom stereocenters. The summed E-state index contributed by atoms with van der Waals surface area (Å²) in [6.07, 6.45) is 7.74. The smallest absolute Gasteiger partial charge is 0.319 e. The van der Waals surface area contributed by atoms with Crippen LogP contribution in [0.4, 0.5) is 16.3 Å². The monoisotopic (exact) mass is 314 g/mol. The first-order chi connectivity index (χ1) is 11.2. The van der Waals surface area contributed by atoms with Gasteiger partial charge in [0.1, 0.15) is 5.82 Å². The van der Waals surface area contributed by atoms with E-state index in [0.29, 0.717) is 12.2 Å². The fourth-order valence-electron chi connectivity index (χ4n) is 2.72. The molecule has 7 nitrogen and oxygen atoms in total. The Morgan fingerprint density at radius 1 is 1.35 bits per heavy atom. The number of carbonyl (C=O) groups is 1. The lowest BCUT2D eigenvalue weighted by atomic mass is 10.3. The van der Waals surface area contributed by atoms with Crippen molar-refractivity contribution in [2.24, 2.45) is 0 Å². The van der Waals surface area contributed by atoms with Gasteiger partial charge in [-0.25, -0.2) is 9.78 Å². The Morgan fingerprint density at radius 3 is 2.83 bits per heavy atom. The lowest BCUT2D eigenvalue weighted by Crippen LogP contribution is -2.38. The molecule has 23 heavy (non-hydrogen) atoms. The Hall–Kier alpha value is -2.57. The molecule has 0 bridgehead atoms. The average Bonchev–Trinajstić information content (AvgIpc) is 3.20. The molecule has 3 heterocycles. The van der Waals surface area contributed by atoms with Gasteiger partial charge in [0.25, 0.3) is 0 Å². The molecule has 2 aromatic heterocycles. The maximum atomic E-state index is 12.0. The maximum absolute atomic E-state index is 12.0. The molecular weight excluding hydrogens is 292 g/mol. The predicted octanol–water partition coefficient (Wildman–Crippen LogP) is 2.09. The number of aromatic nitrogens is 3. The van der Waals surface area contributed by atoms with Crippen LogP contribution in [0.25, 0.3) is 0 Å². The largest absolute Gasteiger partial charge is 0.357 e. The minimum atomic E-state index is -0.236. The highest BCUT2D eigenvalue weighted by Crippen LogP contribution is 2.18. The summed E-state index contributed by atoms with van der Waals surface area (Å²) in [5, 5.41) is 9.82. The van der Waals surface area contributed by atoms with Gasteiger partial charge in [0, 0.05) is 31.5 Å². The van der Waals surface area contributed by atoms with Crippen LogP contribution in [0.2, 0.25) is 0 Å². The fraction of sp³-hybridized carbons (Fsp3) is 0.438. The number of urea groups is 1. The van der Waals surface area contributed by atoms with Crippen molar-refractivity contribution >= 4 is 17.5 Å². The third-order valence-corrected chi connectivity index (χ3v) is 3.83. The molecule has 0 saturated carbocycles. The summed E-state index contributed by atoms with van der Waals surface area (Å²) in [4.78, 5) is 18.7. The standard InChI is InChI=1S/C16H22N6O/c1-13(12-22-10-4-7-18-22)19-16(23)20-14-5-6-15(17-11-14)21-8-2-3-9-21/h4-7,10-11,13H,2-3,8-9,12H2,1H3,(H2,19,20,23)/t13-/m0/s1. The van der Waals surface area contributed by atoms with Crippen LogP contribution in [-0.2, 0) is 6.54 Å². The van der Waals surface area contributed by atoms with E-state index < -0.39 is 0 Å². The van der Waals surface area contributed by atoms with E-state index in [2.05, 4.69) is 25.6 Å². The van der Waals surface area contributed by atoms with Crippen molar-refractivity contribution in [1.29, 1.82) is 0 Å². The number of anilines is 2. The first-order valence-electron chi connectivity index (χ1n) is 7.96. The molecule has 2 aromatic rings. The van der Waals surface area contributed by atoms with Gasteiger partial charge in [0.2, 0.25) is 0 Å². The van der Waals surface area contributed by atoms with Gasteiger partial charge < -0.3 is 15.5 Å². The Kier molecular flexibility index (Phi) is 4.75.